The molecule has 0 amide bonds. The SMILES string of the molecule is CCCC(O)C(O)C(O)C(O)C(O)C(O)CO. The van der Waals surface area contributed by atoms with Crippen LogP contribution in [0.4, 0.5) is 0 Å². The summed E-state index contributed by atoms with van der Waals surface area (Å²) in [5.74, 6) is 0. The lowest BCUT2D eigenvalue weighted by molar-refractivity contribution is -0.158. The van der Waals surface area contributed by atoms with Crippen molar-refractivity contribution in [3.63, 3.8) is 0 Å². The van der Waals surface area contributed by atoms with Gasteiger partial charge in [0, 0.05) is 0 Å². The van der Waals surface area contributed by atoms with Gasteiger partial charge in [0.15, 0.2) is 0 Å². The van der Waals surface area contributed by atoms with Crippen LogP contribution in [0.3, 0.4) is 0 Å². The molecule has 0 aliphatic heterocycles. The molecule has 7 nitrogen and oxygen atoms in total. The standard InChI is InChI=1S/C10H22O7/c1-2-3-5(12)7(14)9(16)10(17)8(15)6(13)4-11/h5-17H,2-4H2,1H3. The summed E-state index contributed by atoms with van der Waals surface area (Å²) in [5.41, 5.74) is 0. The average molecular weight is 254 g/mol. The Hall–Kier alpha value is -0.280. The highest BCUT2D eigenvalue weighted by Gasteiger charge is 2.36. The fourth-order valence-corrected chi connectivity index (χ4v) is 1.43. The number of aliphatic hydroxyl groups is 7. The largest absolute Gasteiger partial charge is 0.394 e. The molecule has 6 unspecified atom stereocenters. The van der Waals surface area contributed by atoms with Gasteiger partial charge in [0.25, 0.3) is 0 Å². The van der Waals surface area contributed by atoms with E-state index in [-0.39, 0.29) is 6.42 Å². The first-order valence-electron chi connectivity index (χ1n) is 5.56. The van der Waals surface area contributed by atoms with Crippen molar-refractivity contribution in [3.8, 4) is 0 Å². The number of aliphatic hydroxyl groups excluding tert-OH is 7. The van der Waals surface area contributed by atoms with Crippen LogP contribution in [0.25, 0.3) is 0 Å². The van der Waals surface area contributed by atoms with Crippen LogP contribution >= 0.6 is 0 Å². The molecular formula is C10H22O7. The van der Waals surface area contributed by atoms with Crippen LogP contribution in [-0.2, 0) is 0 Å². The Morgan fingerprint density at radius 1 is 0.706 bits per heavy atom. The zero-order valence-corrected chi connectivity index (χ0v) is 9.72. The van der Waals surface area contributed by atoms with Crippen molar-refractivity contribution in [1.29, 1.82) is 0 Å². The van der Waals surface area contributed by atoms with E-state index in [0.29, 0.717) is 6.42 Å². The molecule has 17 heavy (non-hydrogen) atoms. The van der Waals surface area contributed by atoms with Gasteiger partial charge in [-0.15, -0.1) is 0 Å². The molecule has 0 heterocycles. The second kappa shape index (κ2) is 7.93. The van der Waals surface area contributed by atoms with E-state index in [4.69, 9.17) is 10.2 Å². The molecule has 0 fully saturated rings. The predicted octanol–water partition coefficient (Wildman–Crippen LogP) is -3.06. The van der Waals surface area contributed by atoms with Gasteiger partial charge in [0.2, 0.25) is 0 Å². The van der Waals surface area contributed by atoms with Gasteiger partial charge in [-0.2, -0.15) is 0 Å². The van der Waals surface area contributed by atoms with Gasteiger partial charge in [0.1, 0.15) is 30.5 Å². The molecule has 0 spiro atoms. The Kier molecular flexibility index (Phi) is 7.80. The first-order valence-corrected chi connectivity index (χ1v) is 5.56. The average Bonchev–Trinajstić information content (AvgIpc) is 2.34. The smallest absolute Gasteiger partial charge is 0.111 e. The highest BCUT2D eigenvalue weighted by molar-refractivity contribution is 4.87. The van der Waals surface area contributed by atoms with E-state index in [2.05, 4.69) is 0 Å². The van der Waals surface area contributed by atoms with Crippen LogP contribution < -0.4 is 0 Å². The summed E-state index contributed by atoms with van der Waals surface area (Å²) in [5, 5.41) is 64.7. The summed E-state index contributed by atoms with van der Waals surface area (Å²) in [4.78, 5) is 0. The molecule has 0 rings (SSSR count). The van der Waals surface area contributed by atoms with Crippen molar-refractivity contribution in [3.05, 3.63) is 0 Å². The van der Waals surface area contributed by atoms with Gasteiger partial charge in [0.05, 0.1) is 12.7 Å². The second-order valence-corrected chi connectivity index (χ2v) is 4.07. The lowest BCUT2D eigenvalue weighted by atomic mass is 9.95. The fraction of sp³-hybridized carbons (Fsp3) is 1.00. The van der Waals surface area contributed by atoms with Crippen molar-refractivity contribution in [2.75, 3.05) is 6.61 Å². The maximum Gasteiger partial charge on any atom is 0.111 e. The first kappa shape index (κ1) is 16.7. The van der Waals surface area contributed by atoms with Gasteiger partial charge in [-0.1, -0.05) is 13.3 Å². The van der Waals surface area contributed by atoms with E-state index in [1.165, 1.54) is 0 Å². The third kappa shape index (κ3) is 4.84. The Bertz CT molecular complexity index is 201. The van der Waals surface area contributed by atoms with E-state index in [1.54, 1.807) is 6.92 Å². The third-order valence-corrected chi connectivity index (χ3v) is 2.61. The summed E-state index contributed by atoms with van der Waals surface area (Å²) in [6.07, 6.45) is -9.18. The minimum Gasteiger partial charge on any atom is -0.394 e. The molecule has 0 aromatic carbocycles. The lowest BCUT2D eigenvalue weighted by Crippen LogP contribution is -2.52. The molecule has 0 bridgehead atoms. The lowest BCUT2D eigenvalue weighted by Gasteiger charge is -2.30. The number of rotatable bonds is 8. The van der Waals surface area contributed by atoms with Crippen LogP contribution in [0.5, 0.6) is 0 Å². The van der Waals surface area contributed by atoms with Gasteiger partial charge < -0.3 is 35.7 Å². The molecule has 7 heteroatoms. The number of hydrogen-bond acceptors (Lipinski definition) is 7. The van der Waals surface area contributed by atoms with E-state index >= 15 is 0 Å². The van der Waals surface area contributed by atoms with E-state index < -0.39 is 43.2 Å². The van der Waals surface area contributed by atoms with Crippen molar-refractivity contribution < 1.29 is 35.7 Å². The molecular weight excluding hydrogens is 232 g/mol. The quantitative estimate of drug-likeness (QED) is 0.244. The topological polar surface area (TPSA) is 142 Å². The van der Waals surface area contributed by atoms with Crippen LogP contribution in [-0.4, -0.2) is 79.0 Å². The minimum atomic E-state index is -1.86. The van der Waals surface area contributed by atoms with Crippen LogP contribution in [0.1, 0.15) is 19.8 Å². The highest BCUT2D eigenvalue weighted by Crippen LogP contribution is 2.13. The highest BCUT2D eigenvalue weighted by atomic mass is 16.4. The molecule has 0 radical (unpaired) electrons. The van der Waals surface area contributed by atoms with Crippen molar-refractivity contribution >= 4 is 0 Å². The monoisotopic (exact) mass is 254 g/mol. The van der Waals surface area contributed by atoms with E-state index in [0.717, 1.165) is 0 Å². The van der Waals surface area contributed by atoms with E-state index in [1.807, 2.05) is 0 Å². The Labute approximate surface area is 99.6 Å². The van der Waals surface area contributed by atoms with Crippen LogP contribution in [0, 0.1) is 0 Å². The van der Waals surface area contributed by atoms with Crippen LogP contribution in [0.2, 0.25) is 0 Å². The maximum absolute atomic E-state index is 9.49. The number of hydrogen-bond donors (Lipinski definition) is 7. The van der Waals surface area contributed by atoms with Crippen molar-refractivity contribution in [2.45, 2.75) is 56.4 Å². The molecule has 7 N–H and O–H groups in total. The predicted molar refractivity (Wildman–Crippen MR) is 58.0 cm³/mol. The molecule has 0 aliphatic rings. The fourth-order valence-electron chi connectivity index (χ4n) is 1.43. The summed E-state index contributed by atoms with van der Waals surface area (Å²) >= 11 is 0. The third-order valence-electron chi connectivity index (χ3n) is 2.61. The summed E-state index contributed by atoms with van der Waals surface area (Å²) in [6.45, 7) is 0.974. The molecule has 0 aliphatic carbocycles. The van der Waals surface area contributed by atoms with Crippen molar-refractivity contribution in [2.24, 2.45) is 0 Å². The van der Waals surface area contributed by atoms with Gasteiger partial charge >= 0.3 is 0 Å². The summed E-state index contributed by atoms with van der Waals surface area (Å²) in [7, 11) is 0. The second-order valence-electron chi connectivity index (χ2n) is 4.07. The molecule has 0 saturated carbocycles. The molecule has 104 valence electrons. The Morgan fingerprint density at radius 2 is 1.12 bits per heavy atom. The van der Waals surface area contributed by atoms with Crippen LogP contribution in [0.15, 0.2) is 0 Å². The maximum atomic E-state index is 9.49. The van der Waals surface area contributed by atoms with E-state index in [9.17, 15) is 25.5 Å². The molecule has 0 aromatic heterocycles. The molecule has 0 aromatic rings. The van der Waals surface area contributed by atoms with Gasteiger partial charge in [-0.3, -0.25) is 0 Å². The molecule has 0 saturated heterocycles. The normalized spacial score (nSPS) is 22.6. The summed E-state index contributed by atoms with van der Waals surface area (Å²) in [6, 6.07) is 0. The zero-order valence-electron chi connectivity index (χ0n) is 9.72. The zero-order chi connectivity index (χ0) is 13.6. The minimum absolute atomic E-state index is 0.226. The van der Waals surface area contributed by atoms with Gasteiger partial charge in [-0.25, -0.2) is 0 Å². The molecule has 6 atom stereocenters. The Morgan fingerprint density at radius 3 is 1.47 bits per heavy atom. The Balaban J connectivity index is 4.41. The van der Waals surface area contributed by atoms with Crippen molar-refractivity contribution in [1.82, 2.24) is 0 Å². The first-order chi connectivity index (χ1) is 7.86. The summed E-state index contributed by atoms with van der Waals surface area (Å²) < 4.78 is 0. The van der Waals surface area contributed by atoms with Gasteiger partial charge in [-0.05, 0) is 6.42 Å².